The van der Waals surface area contributed by atoms with Crippen molar-refractivity contribution in [2.24, 2.45) is 5.41 Å². The summed E-state index contributed by atoms with van der Waals surface area (Å²) in [5, 5.41) is 6.93. The molecule has 7 rings (SSSR count). The number of hydrogen-bond donors (Lipinski definition) is 0. The van der Waals surface area contributed by atoms with Crippen molar-refractivity contribution in [3.05, 3.63) is 87.8 Å². The Bertz CT molecular complexity index is 1680. The molecule has 31 heavy (non-hydrogen) atoms. The molecule has 0 amide bonds. The fraction of sp³-hybridized carbons (Fsp3) is 0.172. The van der Waals surface area contributed by atoms with Crippen molar-refractivity contribution in [2.75, 3.05) is 0 Å². The average Bonchev–Trinajstić information content (AvgIpc) is 3.24. The number of benzene rings is 3. The zero-order valence-corrected chi connectivity index (χ0v) is 19.5. The maximum atomic E-state index is 2.47. The summed E-state index contributed by atoms with van der Waals surface area (Å²) in [4.78, 5) is 1.45. The van der Waals surface area contributed by atoms with Gasteiger partial charge in [0.25, 0.3) is 0 Å². The molecule has 0 fully saturated rings. The Morgan fingerprint density at radius 3 is 2.45 bits per heavy atom. The van der Waals surface area contributed by atoms with Gasteiger partial charge in [-0.1, -0.05) is 54.5 Å². The Labute approximate surface area is 189 Å². The first-order valence-corrected chi connectivity index (χ1v) is 12.5. The van der Waals surface area contributed by atoms with Crippen LogP contribution in [0, 0.1) is 12.3 Å². The van der Waals surface area contributed by atoms with Gasteiger partial charge in [0.2, 0.25) is 0 Å². The van der Waals surface area contributed by atoms with E-state index >= 15 is 0 Å². The first kappa shape index (κ1) is 17.9. The highest BCUT2D eigenvalue weighted by atomic mass is 32.1. The van der Waals surface area contributed by atoms with Crippen LogP contribution in [-0.2, 0) is 6.42 Å². The monoisotopic (exact) mass is 434 g/mol. The van der Waals surface area contributed by atoms with Crippen LogP contribution in [0.4, 0.5) is 0 Å². The van der Waals surface area contributed by atoms with E-state index in [1.54, 1.807) is 0 Å². The zero-order valence-electron chi connectivity index (χ0n) is 17.9. The number of rotatable bonds is 0. The van der Waals surface area contributed by atoms with Gasteiger partial charge in [-0.25, -0.2) is 0 Å². The van der Waals surface area contributed by atoms with Crippen LogP contribution < -0.4 is 0 Å². The molecule has 2 aliphatic carbocycles. The quantitative estimate of drug-likeness (QED) is 0.228. The molecule has 0 spiro atoms. The van der Waals surface area contributed by atoms with Crippen molar-refractivity contribution in [1.82, 2.24) is 0 Å². The molecule has 2 aromatic heterocycles. The molecule has 0 radical (unpaired) electrons. The fourth-order valence-electron chi connectivity index (χ4n) is 5.52. The Kier molecular flexibility index (Phi) is 3.45. The third-order valence-corrected chi connectivity index (χ3v) is 9.35. The summed E-state index contributed by atoms with van der Waals surface area (Å²) in [5.41, 5.74) is 5.79. The molecule has 3 aromatic carbocycles. The first-order valence-electron chi connectivity index (χ1n) is 10.9. The van der Waals surface area contributed by atoms with Crippen LogP contribution in [0.2, 0.25) is 0 Å². The highest BCUT2D eigenvalue weighted by Gasteiger charge is 2.33. The Hall–Kier alpha value is -2.68. The van der Waals surface area contributed by atoms with Crippen LogP contribution in [-0.4, -0.2) is 0 Å². The van der Waals surface area contributed by atoms with E-state index in [0.29, 0.717) is 0 Å². The maximum absolute atomic E-state index is 2.47. The lowest BCUT2D eigenvalue weighted by atomic mass is 9.70. The molecule has 5 aromatic rings. The molecule has 0 aliphatic heterocycles. The molecule has 2 heteroatoms. The van der Waals surface area contributed by atoms with E-state index in [-0.39, 0.29) is 5.41 Å². The standard InChI is InChI=1S/C29H22S2/c1-16-4-6-18-10-25-21(9-19(18)8-16)22-12-28-23(13-27(22)30-25)24-15-29(3)14-17(2)5-7-20(29)11-26(24)31-28/h4-14H,15H2,1-3H3. The lowest BCUT2D eigenvalue weighted by molar-refractivity contribution is 0.516. The predicted octanol–water partition coefficient (Wildman–Crippen LogP) is 9.19. The molecular formula is C29H22S2. The van der Waals surface area contributed by atoms with Crippen LogP contribution >= 0.6 is 22.7 Å². The lowest BCUT2D eigenvalue weighted by Gasteiger charge is -2.34. The van der Waals surface area contributed by atoms with Gasteiger partial charge >= 0.3 is 0 Å². The summed E-state index contributed by atoms with van der Waals surface area (Å²) in [6.07, 6.45) is 10.6. The largest absolute Gasteiger partial charge is 0.136 e. The van der Waals surface area contributed by atoms with Gasteiger partial charge in [0.15, 0.2) is 0 Å². The van der Waals surface area contributed by atoms with E-state index < -0.39 is 0 Å². The summed E-state index contributed by atoms with van der Waals surface area (Å²) in [6.45, 7) is 6.78. The molecule has 1 atom stereocenters. The van der Waals surface area contributed by atoms with Gasteiger partial charge in [0.1, 0.15) is 0 Å². The molecule has 1 unspecified atom stereocenters. The van der Waals surface area contributed by atoms with E-state index in [1.807, 2.05) is 22.7 Å². The second-order valence-electron chi connectivity index (χ2n) is 9.51. The minimum absolute atomic E-state index is 0.116. The topological polar surface area (TPSA) is 0 Å². The summed E-state index contributed by atoms with van der Waals surface area (Å²) in [6, 6.07) is 16.5. The average molecular weight is 435 g/mol. The van der Waals surface area contributed by atoms with Crippen LogP contribution in [0.15, 0.2) is 71.8 Å². The minimum atomic E-state index is 0.116. The molecule has 2 heterocycles. The van der Waals surface area contributed by atoms with Gasteiger partial charge in [-0.2, -0.15) is 0 Å². The molecule has 0 N–H and O–H groups in total. The van der Waals surface area contributed by atoms with Crippen LogP contribution in [0.1, 0.15) is 29.9 Å². The number of hydrogen-bond acceptors (Lipinski definition) is 2. The number of fused-ring (bicyclic) bond motifs is 8. The summed E-state index contributed by atoms with van der Waals surface area (Å²) >= 11 is 3.90. The van der Waals surface area contributed by atoms with Crippen molar-refractivity contribution in [1.29, 1.82) is 0 Å². The molecule has 0 bridgehead atoms. The van der Waals surface area contributed by atoms with Crippen molar-refractivity contribution >= 4 is 69.8 Å². The zero-order chi connectivity index (χ0) is 20.9. The van der Waals surface area contributed by atoms with E-state index in [4.69, 9.17) is 0 Å². The van der Waals surface area contributed by atoms with E-state index in [0.717, 1.165) is 6.42 Å². The molecular weight excluding hydrogens is 412 g/mol. The van der Waals surface area contributed by atoms with Crippen molar-refractivity contribution in [3.63, 3.8) is 0 Å². The van der Waals surface area contributed by atoms with Gasteiger partial charge < -0.3 is 0 Å². The number of allylic oxidation sites excluding steroid dienone is 5. The SMILES string of the molecule is CC1=CC2(C)Cc3c(sc4cc5c(cc34)sc3cc4ccc(C)cc4cc35)C=C2C=C1. The molecule has 0 saturated heterocycles. The first-order chi connectivity index (χ1) is 15.0. The second kappa shape index (κ2) is 5.97. The Morgan fingerprint density at radius 1 is 0.774 bits per heavy atom. The highest BCUT2D eigenvalue weighted by Crippen LogP contribution is 2.49. The summed E-state index contributed by atoms with van der Waals surface area (Å²) < 4.78 is 4.22. The van der Waals surface area contributed by atoms with Crippen molar-refractivity contribution in [3.8, 4) is 0 Å². The molecule has 150 valence electrons. The third-order valence-electron chi connectivity index (χ3n) is 7.09. The van der Waals surface area contributed by atoms with Gasteiger partial charge in [-0.3, -0.25) is 0 Å². The highest BCUT2D eigenvalue weighted by molar-refractivity contribution is 7.26. The van der Waals surface area contributed by atoms with Gasteiger partial charge in [-0.15, -0.1) is 22.7 Å². The lowest BCUT2D eigenvalue weighted by Crippen LogP contribution is -2.24. The minimum Gasteiger partial charge on any atom is -0.136 e. The maximum Gasteiger partial charge on any atom is 0.0362 e. The van der Waals surface area contributed by atoms with Gasteiger partial charge in [-0.05, 0) is 77.9 Å². The third kappa shape index (κ3) is 2.52. The van der Waals surface area contributed by atoms with Crippen molar-refractivity contribution in [2.45, 2.75) is 27.2 Å². The van der Waals surface area contributed by atoms with Gasteiger partial charge in [0, 0.05) is 35.2 Å². The van der Waals surface area contributed by atoms with Crippen LogP contribution in [0.3, 0.4) is 0 Å². The summed E-state index contributed by atoms with van der Waals surface area (Å²) in [5.74, 6) is 0. The number of aryl methyl sites for hydroxylation is 1. The van der Waals surface area contributed by atoms with Crippen LogP contribution in [0.5, 0.6) is 0 Å². The van der Waals surface area contributed by atoms with Crippen LogP contribution in [0.25, 0.3) is 47.1 Å². The van der Waals surface area contributed by atoms with Crippen molar-refractivity contribution < 1.29 is 0 Å². The fourth-order valence-corrected chi connectivity index (χ4v) is 7.87. The molecule has 0 nitrogen and oxygen atoms in total. The van der Waals surface area contributed by atoms with E-state index in [9.17, 15) is 0 Å². The normalized spacial score (nSPS) is 20.4. The number of thiophene rings is 2. The van der Waals surface area contributed by atoms with Gasteiger partial charge in [0.05, 0.1) is 0 Å². The van der Waals surface area contributed by atoms with E-state index in [1.165, 1.54) is 68.2 Å². The molecule has 2 aliphatic rings. The molecule has 0 saturated carbocycles. The Morgan fingerprint density at radius 2 is 1.55 bits per heavy atom. The summed E-state index contributed by atoms with van der Waals surface area (Å²) in [7, 11) is 0. The van der Waals surface area contributed by atoms with E-state index in [2.05, 4.69) is 87.5 Å². The second-order valence-corrected chi connectivity index (χ2v) is 11.7. The predicted molar refractivity (Wildman–Crippen MR) is 140 cm³/mol. The Balaban J connectivity index is 1.50. The smallest absolute Gasteiger partial charge is 0.0362 e.